The van der Waals surface area contributed by atoms with E-state index in [1.165, 1.54) is 6.42 Å². The maximum absolute atomic E-state index is 8.72. The molecule has 6 heteroatoms. The fourth-order valence-corrected chi connectivity index (χ4v) is 1.95. The number of hydrogen-bond acceptors (Lipinski definition) is 5. The SMILES string of the molecule is CCCCCOc1ccc(-c2cc(C(N)=NO)ccn2)nc1. The molecule has 6 nitrogen and oxygen atoms in total. The number of nitrogens with two attached hydrogens (primary N) is 1. The van der Waals surface area contributed by atoms with Crippen molar-refractivity contribution in [1.82, 2.24) is 9.97 Å². The fraction of sp³-hybridized carbons (Fsp3) is 0.312. The molecule has 0 fully saturated rings. The highest BCUT2D eigenvalue weighted by atomic mass is 16.5. The lowest BCUT2D eigenvalue weighted by Gasteiger charge is -2.07. The van der Waals surface area contributed by atoms with E-state index in [0.717, 1.165) is 18.6 Å². The minimum absolute atomic E-state index is 0.0412. The third kappa shape index (κ3) is 4.18. The number of aromatic nitrogens is 2. The third-order valence-electron chi connectivity index (χ3n) is 3.18. The van der Waals surface area contributed by atoms with Crippen molar-refractivity contribution < 1.29 is 9.94 Å². The van der Waals surface area contributed by atoms with Gasteiger partial charge < -0.3 is 15.7 Å². The Labute approximate surface area is 129 Å². The summed E-state index contributed by atoms with van der Waals surface area (Å²) in [7, 11) is 0. The molecule has 2 heterocycles. The molecule has 0 aliphatic rings. The highest BCUT2D eigenvalue weighted by molar-refractivity contribution is 5.97. The van der Waals surface area contributed by atoms with Gasteiger partial charge in [0.1, 0.15) is 5.75 Å². The number of rotatable bonds is 7. The van der Waals surface area contributed by atoms with E-state index in [9.17, 15) is 0 Å². The number of amidine groups is 1. The molecule has 0 amide bonds. The lowest BCUT2D eigenvalue weighted by Crippen LogP contribution is -2.13. The zero-order valence-electron chi connectivity index (χ0n) is 12.6. The van der Waals surface area contributed by atoms with Gasteiger partial charge in [-0.25, -0.2) is 0 Å². The molecule has 0 saturated heterocycles. The van der Waals surface area contributed by atoms with E-state index < -0.39 is 0 Å². The summed E-state index contributed by atoms with van der Waals surface area (Å²) in [6.07, 6.45) is 6.65. The van der Waals surface area contributed by atoms with Crippen LogP contribution in [0.3, 0.4) is 0 Å². The topological polar surface area (TPSA) is 93.6 Å². The Balaban J connectivity index is 2.07. The van der Waals surface area contributed by atoms with Crippen molar-refractivity contribution in [3.8, 4) is 17.1 Å². The second kappa shape index (κ2) is 7.97. The van der Waals surface area contributed by atoms with Crippen LogP contribution < -0.4 is 10.5 Å². The Kier molecular flexibility index (Phi) is 5.71. The second-order valence-electron chi connectivity index (χ2n) is 4.85. The monoisotopic (exact) mass is 300 g/mol. The average molecular weight is 300 g/mol. The minimum atomic E-state index is 0.0412. The minimum Gasteiger partial charge on any atom is -0.492 e. The molecule has 0 radical (unpaired) electrons. The maximum Gasteiger partial charge on any atom is 0.170 e. The number of nitrogens with zero attached hydrogens (tertiary/aromatic N) is 3. The van der Waals surface area contributed by atoms with Crippen LogP contribution in [0.15, 0.2) is 41.8 Å². The summed E-state index contributed by atoms with van der Waals surface area (Å²) in [4.78, 5) is 8.59. The molecule has 0 saturated carbocycles. The largest absolute Gasteiger partial charge is 0.492 e. The molecule has 2 aromatic rings. The average Bonchev–Trinajstić information content (AvgIpc) is 2.58. The van der Waals surface area contributed by atoms with Crippen LogP contribution in [0.5, 0.6) is 5.75 Å². The molecule has 2 aromatic heterocycles. The second-order valence-corrected chi connectivity index (χ2v) is 4.85. The zero-order valence-corrected chi connectivity index (χ0v) is 12.6. The van der Waals surface area contributed by atoms with Crippen LogP contribution >= 0.6 is 0 Å². The molecular formula is C16H20N4O2. The van der Waals surface area contributed by atoms with Gasteiger partial charge in [-0.2, -0.15) is 0 Å². The molecule has 0 aliphatic carbocycles. The van der Waals surface area contributed by atoms with Crippen LogP contribution in [0.25, 0.3) is 11.4 Å². The van der Waals surface area contributed by atoms with Crippen molar-refractivity contribution in [3.63, 3.8) is 0 Å². The smallest absolute Gasteiger partial charge is 0.170 e. The quantitative estimate of drug-likeness (QED) is 0.269. The van der Waals surface area contributed by atoms with E-state index in [1.807, 2.05) is 12.1 Å². The highest BCUT2D eigenvalue weighted by Crippen LogP contribution is 2.18. The Bertz CT molecular complexity index is 626. The Morgan fingerprint density at radius 2 is 2.09 bits per heavy atom. The number of hydrogen-bond donors (Lipinski definition) is 2. The van der Waals surface area contributed by atoms with Gasteiger partial charge in [0.25, 0.3) is 0 Å². The summed E-state index contributed by atoms with van der Waals surface area (Å²) in [6, 6.07) is 7.10. The van der Waals surface area contributed by atoms with E-state index in [2.05, 4.69) is 22.0 Å². The van der Waals surface area contributed by atoms with Crippen molar-refractivity contribution in [2.75, 3.05) is 6.61 Å². The van der Waals surface area contributed by atoms with E-state index in [0.29, 0.717) is 23.6 Å². The fourth-order valence-electron chi connectivity index (χ4n) is 1.95. The lowest BCUT2D eigenvalue weighted by molar-refractivity contribution is 0.305. The zero-order chi connectivity index (χ0) is 15.8. The molecule has 116 valence electrons. The molecular weight excluding hydrogens is 280 g/mol. The molecule has 0 spiro atoms. The standard InChI is InChI=1S/C16H20N4O2/c1-2-3-4-9-22-13-5-6-14(19-11-13)15-10-12(7-8-18-15)16(17)20-21/h5-8,10-11,21H,2-4,9H2,1H3,(H2,17,20). The first-order valence-corrected chi connectivity index (χ1v) is 7.27. The summed E-state index contributed by atoms with van der Waals surface area (Å²) in [5.74, 6) is 0.784. The lowest BCUT2D eigenvalue weighted by atomic mass is 10.1. The Morgan fingerprint density at radius 1 is 1.23 bits per heavy atom. The van der Waals surface area contributed by atoms with Crippen molar-refractivity contribution in [2.45, 2.75) is 26.2 Å². The van der Waals surface area contributed by atoms with Gasteiger partial charge in [0.15, 0.2) is 5.84 Å². The number of pyridine rings is 2. The first-order valence-electron chi connectivity index (χ1n) is 7.27. The third-order valence-corrected chi connectivity index (χ3v) is 3.18. The Morgan fingerprint density at radius 3 is 2.77 bits per heavy atom. The summed E-state index contributed by atoms with van der Waals surface area (Å²) < 4.78 is 5.62. The molecule has 2 rings (SSSR count). The highest BCUT2D eigenvalue weighted by Gasteiger charge is 2.05. The van der Waals surface area contributed by atoms with Crippen molar-refractivity contribution >= 4 is 5.84 Å². The first-order chi connectivity index (χ1) is 10.7. The summed E-state index contributed by atoms with van der Waals surface area (Å²) >= 11 is 0. The van der Waals surface area contributed by atoms with E-state index in [-0.39, 0.29) is 5.84 Å². The van der Waals surface area contributed by atoms with E-state index >= 15 is 0 Å². The molecule has 0 bridgehead atoms. The molecule has 0 atom stereocenters. The normalized spacial score (nSPS) is 11.4. The summed E-state index contributed by atoms with van der Waals surface area (Å²) in [5, 5.41) is 11.7. The van der Waals surface area contributed by atoms with Crippen LogP contribution in [0, 0.1) is 0 Å². The molecule has 0 unspecified atom stereocenters. The van der Waals surface area contributed by atoms with Gasteiger partial charge in [-0.15, -0.1) is 0 Å². The Hall–Kier alpha value is -2.63. The number of unbranched alkanes of at least 4 members (excludes halogenated alkanes) is 2. The predicted molar refractivity (Wildman–Crippen MR) is 85.0 cm³/mol. The van der Waals surface area contributed by atoms with Gasteiger partial charge in [0, 0.05) is 11.8 Å². The van der Waals surface area contributed by atoms with E-state index in [1.54, 1.807) is 24.5 Å². The van der Waals surface area contributed by atoms with Crippen LogP contribution in [0.4, 0.5) is 0 Å². The summed E-state index contributed by atoms with van der Waals surface area (Å²) in [5.41, 5.74) is 7.53. The first kappa shape index (κ1) is 15.8. The van der Waals surface area contributed by atoms with E-state index in [4.69, 9.17) is 15.7 Å². The van der Waals surface area contributed by atoms with Crippen molar-refractivity contribution in [2.24, 2.45) is 10.9 Å². The van der Waals surface area contributed by atoms with Crippen molar-refractivity contribution in [1.29, 1.82) is 0 Å². The predicted octanol–water partition coefficient (Wildman–Crippen LogP) is 2.81. The van der Waals surface area contributed by atoms with Crippen LogP contribution in [0.2, 0.25) is 0 Å². The van der Waals surface area contributed by atoms with Gasteiger partial charge in [0.2, 0.25) is 0 Å². The van der Waals surface area contributed by atoms with Crippen LogP contribution in [-0.2, 0) is 0 Å². The van der Waals surface area contributed by atoms with Crippen LogP contribution in [0.1, 0.15) is 31.7 Å². The van der Waals surface area contributed by atoms with Gasteiger partial charge in [-0.1, -0.05) is 24.9 Å². The molecule has 22 heavy (non-hydrogen) atoms. The van der Waals surface area contributed by atoms with Crippen molar-refractivity contribution in [3.05, 3.63) is 42.2 Å². The van der Waals surface area contributed by atoms with Gasteiger partial charge in [-0.3, -0.25) is 9.97 Å². The molecule has 0 aromatic carbocycles. The van der Waals surface area contributed by atoms with Gasteiger partial charge in [0.05, 0.1) is 24.2 Å². The van der Waals surface area contributed by atoms with Gasteiger partial charge >= 0.3 is 0 Å². The van der Waals surface area contributed by atoms with Gasteiger partial charge in [-0.05, 0) is 30.7 Å². The van der Waals surface area contributed by atoms with Crippen LogP contribution in [-0.4, -0.2) is 27.6 Å². The molecule has 0 aliphatic heterocycles. The number of oxime groups is 1. The summed E-state index contributed by atoms with van der Waals surface area (Å²) in [6.45, 7) is 2.86. The molecule has 3 N–H and O–H groups in total. The number of ether oxygens (including phenoxy) is 1. The maximum atomic E-state index is 8.72.